The van der Waals surface area contributed by atoms with Crippen LogP contribution in [0.15, 0.2) is 30.5 Å². The molecular formula is C17H26N4O. The van der Waals surface area contributed by atoms with Crippen LogP contribution in [0.5, 0.6) is 5.75 Å². The molecule has 1 aromatic heterocycles. The van der Waals surface area contributed by atoms with E-state index in [1.807, 2.05) is 25.4 Å². The van der Waals surface area contributed by atoms with Gasteiger partial charge in [0.25, 0.3) is 0 Å². The summed E-state index contributed by atoms with van der Waals surface area (Å²) in [5.41, 5.74) is 3.43. The minimum Gasteiger partial charge on any atom is -0.494 e. The van der Waals surface area contributed by atoms with E-state index < -0.39 is 0 Å². The standard InChI is InChI=1S/C17H26N4O/c1-4-11-22-16-7-5-14(6-8-16)17-15(12-19-20-17)13-21(3)10-9-18-2/h5-8,12,18H,4,9-11,13H2,1-3H3,(H,19,20). The van der Waals surface area contributed by atoms with Gasteiger partial charge in [-0.2, -0.15) is 5.10 Å². The van der Waals surface area contributed by atoms with Crippen LogP contribution in [0.25, 0.3) is 11.3 Å². The molecule has 0 saturated carbocycles. The summed E-state index contributed by atoms with van der Waals surface area (Å²) < 4.78 is 5.63. The van der Waals surface area contributed by atoms with Gasteiger partial charge in [0, 0.05) is 30.8 Å². The summed E-state index contributed by atoms with van der Waals surface area (Å²) in [5.74, 6) is 0.915. The predicted octanol–water partition coefficient (Wildman–Crippen LogP) is 2.52. The quantitative estimate of drug-likeness (QED) is 0.747. The first kappa shape index (κ1) is 16.5. The summed E-state index contributed by atoms with van der Waals surface area (Å²) >= 11 is 0. The second kappa shape index (κ2) is 8.56. The van der Waals surface area contributed by atoms with Gasteiger partial charge >= 0.3 is 0 Å². The van der Waals surface area contributed by atoms with E-state index in [0.29, 0.717) is 0 Å². The fraction of sp³-hybridized carbons (Fsp3) is 0.471. The number of hydrogen-bond acceptors (Lipinski definition) is 4. The van der Waals surface area contributed by atoms with Crippen molar-refractivity contribution in [2.75, 3.05) is 33.8 Å². The Labute approximate surface area is 132 Å². The lowest BCUT2D eigenvalue weighted by Gasteiger charge is -2.16. The zero-order valence-electron chi connectivity index (χ0n) is 13.7. The number of hydrogen-bond donors (Lipinski definition) is 2. The van der Waals surface area contributed by atoms with Gasteiger partial charge in [0.15, 0.2) is 0 Å². The van der Waals surface area contributed by atoms with Crippen LogP contribution in [-0.2, 0) is 6.54 Å². The van der Waals surface area contributed by atoms with Crippen LogP contribution < -0.4 is 10.1 Å². The molecule has 2 rings (SSSR count). The van der Waals surface area contributed by atoms with E-state index in [9.17, 15) is 0 Å². The van der Waals surface area contributed by atoms with Gasteiger partial charge in [-0.15, -0.1) is 0 Å². The molecule has 0 unspecified atom stereocenters. The van der Waals surface area contributed by atoms with E-state index >= 15 is 0 Å². The molecular weight excluding hydrogens is 276 g/mol. The summed E-state index contributed by atoms with van der Waals surface area (Å²) in [5, 5.41) is 10.5. The van der Waals surface area contributed by atoms with Crippen molar-refractivity contribution in [3.8, 4) is 17.0 Å². The molecule has 0 fully saturated rings. The van der Waals surface area contributed by atoms with Crippen LogP contribution in [0, 0.1) is 0 Å². The molecule has 0 aliphatic carbocycles. The number of aromatic nitrogens is 2. The van der Waals surface area contributed by atoms with Crippen LogP contribution >= 0.6 is 0 Å². The van der Waals surface area contributed by atoms with Crippen molar-refractivity contribution in [1.82, 2.24) is 20.4 Å². The summed E-state index contributed by atoms with van der Waals surface area (Å²) in [4.78, 5) is 2.28. The lowest BCUT2D eigenvalue weighted by molar-refractivity contribution is 0.317. The molecule has 5 heteroatoms. The minimum absolute atomic E-state index is 0.755. The van der Waals surface area contributed by atoms with Gasteiger partial charge in [-0.05, 0) is 44.8 Å². The third kappa shape index (κ3) is 4.58. The molecule has 0 bridgehead atoms. The molecule has 1 heterocycles. The van der Waals surface area contributed by atoms with E-state index in [2.05, 4.69) is 46.5 Å². The average Bonchev–Trinajstić information content (AvgIpc) is 2.99. The highest BCUT2D eigenvalue weighted by Gasteiger charge is 2.10. The zero-order valence-corrected chi connectivity index (χ0v) is 13.7. The highest BCUT2D eigenvalue weighted by molar-refractivity contribution is 5.63. The van der Waals surface area contributed by atoms with Crippen molar-refractivity contribution in [3.63, 3.8) is 0 Å². The van der Waals surface area contributed by atoms with Gasteiger partial charge < -0.3 is 15.0 Å². The summed E-state index contributed by atoms with van der Waals surface area (Å²) in [6.07, 6.45) is 2.93. The van der Waals surface area contributed by atoms with Gasteiger partial charge in [-0.3, -0.25) is 5.10 Å². The van der Waals surface area contributed by atoms with E-state index in [0.717, 1.165) is 49.7 Å². The van der Waals surface area contributed by atoms with Crippen LogP contribution in [0.2, 0.25) is 0 Å². The Bertz CT molecular complexity index is 550. The van der Waals surface area contributed by atoms with Gasteiger partial charge in [-0.1, -0.05) is 6.92 Å². The molecule has 22 heavy (non-hydrogen) atoms. The molecule has 2 aromatic rings. The Morgan fingerprint density at radius 2 is 2.05 bits per heavy atom. The fourth-order valence-corrected chi connectivity index (χ4v) is 2.29. The number of rotatable bonds is 9. The summed E-state index contributed by atoms with van der Waals surface area (Å²) in [6.45, 7) is 5.72. The number of H-pyrrole nitrogens is 1. The molecule has 0 spiro atoms. The van der Waals surface area contributed by atoms with Gasteiger partial charge in [0.2, 0.25) is 0 Å². The number of nitrogens with one attached hydrogen (secondary N) is 2. The molecule has 0 saturated heterocycles. The lowest BCUT2D eigenvalue weighted by atomic mass is 10.1. The van der Waals surface area contributed by atoms with Crippen LogP contribution in [-0.4, -0.2) is 48.9 Å². The Kier molecular flexibility index (Phi) is 6.43. The van der Waals surface area contributed by atoms with Crippen molar-refractivity contribution in [2.24, 2.45) is 0 Å². The zero-order chi connectivity index (χ0) is 15.8. The molecule has 0 aliphatic rings. The smallest absolute Gasteiger partial charge is 0.119 e. The monoisotopic (exact) mass is 302 g/mol. The Hall–Kier alpha value is -1.85. The molecule has 5 nitrogen and oxygen atoms in total. The number of ether oxygens (including phenoxy) is 1. The van der Waals surface area contributed by atoms with E-state index in [1.54, 1.807) is 0 Å². The molecule has 0 aliphatic heterocycles. The summed E-state index contributed by atoms with van der Waals surface area (Å²) in [6, 6.07) is 8.19. The first-order valence-corrected chi connectivity index (χ1v) is 7.83. The second-order valence-corrected chi connectivity index (χ2v) is 5.48. The predicted molar refractivity (Wildman–Crippen MR) is 90.1 cm³/mol. The maximum atomic E-state index is 5.63. The molecule has 0 amide bonds. The third-order valence-corrected chi connectivity index (χ3v) is 3.52. The van der Waals surface area contributed by atoms with E-state index in [1.165, 1.54) is 5.56 Å². The maximum Gasteiger partial charge on any atom is 0.119 e. The number of likely N-dealkylation sites (N-methyl/N-ethyl adjacent to an activating group) is 2. The van der Waals surface area contributed by atoms with Crippen LogP contribution in [0.4, 0.5) is 0 Å². The van der Waals surface area contributed by atoms with Gasteiger partial charge in [0.1, 0.15) is 5.75 Å². The number of nitrogens with zero attached hydrogens (tertiary/aromatic N) is 2. The van der Waals surface area contributed by atoms with Crippen molar-refractivity contribution in [3.05, 3.63) is 36.0 Å². The van der Waals surface area contributed by atoms with Gasteiger partial charge in [-0.25, -0.2) is 0 Å². The third-order valence-electron chi connectivity index (χ3n) is 3.52. The Morgan fingerprint density at radius 1 is 1.27 bits per heavy atom. The van der Waals surface area contributed by atoms with Crippen molar-refractivity contribution in [2.45, 2.75) is 19.9 Å². The van der Waals surface area contributed by atoms with Crippen LogP contribution in [0.3, 0.4) is 0 Å². The average molecular weight is 302 g/mol. The second-order valence-electron chi connectivity index (χ2n) is 5.48. The van der Waals surface area contributed by atoms with E-state index in [-0.39, 0.29) is 0 Å². The molecule has 0 atom stereocenters. The molecule has 120 valence electrons. The Morgan fingerprint density at radius 3 is 2.73 bits per heavy atom. The number of benzene rings is 1. The summed E-state index contributed by atoms with van der Waals surface area (Å²) in [7, 11) is 4.09. The van der Waals surface area contributed by atoms with Crippen molar-refractivity contribution < 1.29 is 4.74 Å². The largest absolute Gasteiger partial charge is 0.494 e. The molecule has 1 aromatic carbocycles. The molecule has 2 N–H and O–H groups in total. The molecule has 0 radical (unpaired) electrons. The lowest BCUT2D eigenvalue weighted by Crippen LogP contribution is -2.26. The first-order valence-electron chi connectivity index (χ1n) is 7.83. The highest BCUT2D eigenvalue weighted by atomic mass is 16.5. The maximum absolute atomic E-state index is 5.63. The SMILES string of the molecule is CCCOc1ccc(-c2[nH]ncc2CN(C)CCNC)cc1. The normalized spacial score (nSPS) is 11.1. The van der Waals surface area contributed by atoms with Crippen molar-refractivity contribution >= 4 is 0 Å². The Balaban J connectivity index is 2.04. The number of aromatic amines is 1. The fourth-order valence-electron chi connectivity index (χ4n) is 2.29. The topological polar surface area (TPSA) is 53.2 Å². The van der Waals surface area contributed by atoms with Gasteiger partial charge in [0.05, 0.1) is 18.5 Å². The highest BCUT2D eigenvalue weighted by Crippen LogP contribution is 2.24. The first-order chi connectivity index (χ1) is 10.7. The minimum atomic E-state index is 0.755. The van der Waals surface area contributed by atoms with Crippen molar-refractivity contribution in [1.29, 1.82) is 0 Å². The van der Waals surface area contributed by atoms with E-state index in [4.69, 9.17) is 4.74 Å². The van der Waals surface area contributed by atoms with Crippen LogP contribution in [0.1, 0.15) is 18.9 Å².